The second kappa shape index (κ2) is 15.4. The first kappa shape index (κ1) is 39.2. The van der Waals surface area contributed by atoms with Crippen molar-refractivity contribution in [1.29, 1.82) is 0 Å². The Bertz CT molecular complexity index is 2770. The summed E-state index contributed by atoms with van der Waals surface area (Å²) in [6, 6.07) is 19.4. The highest BCUT2D eigenvalue weighted by molar-refractivity contribution is 6.31. The van der Waals surface area contributed by atoms with Gasteiger partial charge in [-0.1, -0.05) is 67.6 Å². The maximum Gasteiger partial charge on any atom is 0.280 e. The van der Waals surface area contributed by atoms with Crippen molar-refractivity contribution in [3.05, 3.63) is 139 Å². The number of nitrogens with zero attached hydrogens (tertiary/aromatic N) is 6. The van der Waals surface area contributed by atoms with E-state index < -0.39 is 45.4 Å². The zero-order valence-electron chi connectivity index (χ0n) is 33.1. The van der Waals surface area contributed by atoms with Crippen molar-refractivity contribution in [2.24, 2.45) is 0 Å². The van der Waals surface area contributed by atoms with E-state index in [1.807, 2.05) is 30.3 Å². The number of aromatic nitrogens is 6. The van der Waals surface area contributed by atoms with Crippen LogP contribution in [0.3, 0.4) is 0 Å². The molecule has 3 aliphatic carbocycles. The van der Waals surface area contributed by atoms with E-state index in [1.165, 1.54) is 34.4 Å². The highest BCUT2D eigenvalue weighted by atomic mass is 35.5. The van der Waals surface area contributed by atoms with Gasteiger partial charge in [0, 0.05) is 41.0 Å². The van der Waals surface area contributed by atoms with Gasteiger partial charge in [-0.15, -0.1) is 0 Å². The highest BCUT2D eigenvalue weighted by Crippen LogP contribution is 2.58. The van der Waals surface area contributed by atoms with Gasteiger partial charge in [-0.2, -0.15) is 10.2 Å². The lowest BCUT2D eigenvalue weighted by Gasteiger charge is -2.32. The second-order valence-corrected chi connectivity index (χ2v) is 17.0. The van der Waals surface area contributed by atoms with Gasteiger partial charge in [0.15, 0.2) is 22.9 Å². The number of rotatable bonds is 11. The molecule has 0 saturated heterocycles. The molecule has 4 aromatic heterocycles. The van der Waals surface area contributed by atoms with E-state index in [0.29, 0.717) is 23.8 Å². The van der Waals surface area contributed by atoms with Gasteiger partial charge in [0.25, 0.3) is 22.7 Å². The zero-order valence-corrected chi connectivity index (χ0v) is 33.9. The molecule has 0 bridgehead atoms. The Morgan fingerprint density at radius 2 is 1.42 bits per heavy atom. The monoisotopic (exact) mass is 828 g/mol. The standard InChI is InChI=1S/C45H45ClN8O6/c1-47-42(59)37-39(57)36(56)24-53(50-37)26-45(17-7-8-18-45)54-22-33(29-12-9-19-48-41(29)54)31-21-30(31)32-20-28(13-14-34(32)46)49-43(60)38-40(58)35(55)23-52(51-38)25-44(15-5-6-16-44)27-10-3-2-4-11-27/h2-4,9-14,19-20,22-24,30-31,55-56H,5-8,15-18,21,25-26H2,1H3,(H,47,59)(H,49,60). The van der Waals surface area contributed by atoms with Gasteiger partial charge in [-0.25, -0.2) is 4.98 Å². The number of benzene rings is 2. The summed E-state index contributed by atoms with van der Waals surface area (Å²) in [5, 5.41) is 36.8. The van der Waals surface area contributed by atoms with Crippen molar-refractivity contribution in [3.63, 3.8) is 0 Å². The molecule has 2 atom stereocenters. The van der Waals surface area contributed by atoms with Crippen LogP contribution in [0, 0.1) is 0 Å². The average Bonchev–Trinajstić information content (AvgIpc) is 3.53. The van der Waals surface area contributed by atoms with Crippen molar-refractivity contribution in [1.82, 2.24) is 34.4 Å². The number of fused-ring (bicyclic) bond motifs is 1. The van der Waals surface area contributed by atoms with E-state index in [9.17, 15) is 29.4 Å². The molecular weight excluding hydrogens is 784 g/mol. The Labute approximate surface area is 349 Å². The Morgan fingerprint density at radius 3 is 2.10 bits per heavy atom. The molecule has 3 saturated carbocycles. The van der Waals surface area contributed by atoms with E-state index in [0.717, 1.165) is 79.9 Å². The van der Waals surface area contributed by atoms with Crippen molar-refractivity contribution in [3.8, 4) is 11.5 Å². The molecule has 0 spiro atoms. The fourth-order valence-corrected chi connectivity index (χ4v) is 10.1. The molecular formula is C45H45ClN8O6. The summed E-state index contributed by atoms with van der Waals surface area (Å²) in [5.74, 6) is -2.37. The fraction of sp³-hybridized carbons (Fsp3) is 0.356. The molecule has 4 N–H and O–H groups in total. The number of pyridine rings is 1. The Balaban J connectivity index is 0.982. The van der Waals surface area contributed by atoms with Crippen molar-refractivity contribution < 1.29 is 19.8 Å². The van der Waals surface area contributed by atoms with Gasteiger partial charge >= 0.3 is 0 Å². The van der Waals surface area contributed by atoms with Gasteiger partial charge in [-0.05, 0) is 91.0 Å². The number of carbonyl (C=O) groups excluding carboxylic acids is 2. The number of nitrogens with one attached hydrogen (secondary N) is 2. The normalized spacial score (nSPS) is 19.0. The first-order chi connectivity index (χ1) is 29.0. The molecule has 308 valence electrons. The largest absolute Gasteiger partial charge is 0.503 e. The lowest BCUT2D eigenvalue weighted by atomic mass is 9.79. The van der Waals surface area contributed by atoms with E-state index in [-0.39, 0.29) is 22.9 Å². The molecule has 2 aromatic carbocycles. The minimum absolute atomic E-state index is 0.0255. The number of halogens is 1. The minimum atomic E-state index is -0.842. The molecule has 3 aliphatic rings. The minimum Gasteiger partial charge on any atom is -0.503 e. The molecule has 0 radical (unpaired) electrons. The third-order valence-electron chi connectivity index (χ3n) is 12.9. The highest BCUT2D eigenvalue weighted by Gasteiger charge is 2.45. The molecule has 15 heteroatoms. The third-order valence-corrected chi connectivity index (χ3v) is 13.2. The third kappa shape index (κ3) is 7.01. The van der Waals surface area contributed by atoms with Crippen LogP contribution >= 0.6 is 11.6 Å². The van der Waals surface area contributed by atoms with E-state index in [2.05, 4.69) is 49.8 Å². The lowest BCUT2D eigenvalue weighted by molar-refractivity contribution is 0.0951. The molecule has 3 fully saturated rings. The predicted octanol–water partition coefficient (Wildman–Crippen LogP) is 6.58. The summed E-state index contributed by atoms with van der Waals surface area (Å²) in [4.78, 5) is 56.7. The number of carbonyl (C=O) groups is 2. The van der Waals surface area contributed by atoms with Crippen LogP contribution in [0.4, 0.5) is 5.69 Å². The Morgan fingerprint density at radius 1 is 0.783 bits per heavy atom. The first-order valence-electron chi connectivity index (χ1n) is 20.5. The van der Waals surface area contributed by atoms with Crippen LogP contribution in [-0.4, -0.2) is 58.2 Å². The maximum absolute atomic E-state index is 13.7. The summed E-state index contributed by atoms with van der Waals surface area (Å²) in [5.41, 5.74) is 1.21. The van der Waals surface area contributed by atoms with Crippen LogP contribution in [0.2, 0.25) is 5.02 Å². The molecule has 0 aliphatic heterocycles. The summed E-state index contributed by atoms with van der Waals surface area (Å²) in [6.07, 6.45) is 14.8. The quantitative estimate of drug-likeness (QED) is 0.112. The lowest BCUT2D eigenvalue weighted by Crippen LogP contribution is -2.37. The van der Waals surface area contributed by atoms with E-state index >= 15 is 0 Å². The molecule has 4 heterocycles. The van der Waals surface area contributed by atoms with Gasteiger partial charge < -0.3 is 25.4 Å². The van der Waals surface area contributed by atoms with Gasteiger partial charge in [0.2, 0.25) is 0 Å². The zero-order chi connectivity index (χ0) is 41.8. The number of hydrogen-bond acceptors (Lipinski definition) is 9. The van der Waals surface area contributed by atoms with Crippen molar-refractivity contribution in [2.45, 2.75) is 93.7 Å². The summed E-state index contributed by atoms with van der Waals surface area (Å²) in [6.45, 7) is 0.720. The fourth-order valence-electron chi connectivity index (χ4n) is 9.85. The summed E-state index contributed by atoms with van der Waals surface area (Å²) < 4.78 is 5.22. The number of hydrogen-bond donors (Lipinski definition) is 4. The molecule has 9 rings (SSSR count). The van der Waals surface area contributed by atoms with E-state index in [1.54, 1.807) is 18.3 Å². The van der Waals surface area contributed by atoms with Crippen molar-refractivity contribution >= 4 is 40.1 Å². The van der Waals surface area contributed by atoms with Gasteiger partial charge in [0.1, 0.15) is 5.65 Å². The summed E-state index contributed by atoms with van der Waals surface area (Å²) >= 11 is 6.85. The number of anilines is 1. The number of amides is 2. The van der Waals surface area contributed by atoms with Gasteiger partial charge in [-0.3, -0.25) is 28.5 Å². The first-order valence-corrected chi connectivity index (χ1v) is 20.8. The van der Waals surface area contributed by atoms with Gasteiger partial charge in [0.05, 0.1) is 31.0 Å². The summed E-state index contributed by atoms with van der Waals surface area (Å²) in [7, 11) is 1.41. The van der Waals surface area contributed by atoms with Crippen LogP contribution in [0.1, 0.15) is 107 Å². The predicted molar refractivity (Wildman–Crippen MR) is 226 cm³/mol. The average molecular weight is 829 g/mol. The number of aromatic hydroxyl groups is 2. The van der Waals surface area contributed by atoms with Crippen LogP contribution in [0.15, 0.2) is 95.0 Å². The van der Waals surface area contributed by atoms with E-state index in [4.69, 9.17) is 16.6 Å². The molecule has 2 amide bonds. The SMILES string of the molecule is CNC(=O)c1nn(CC2(n3cc(C4CC4c4cc(NC(=O)c5nn(CC6(c7ccccc7)CCCC6)cc(O)c5=O)ccc4Cl)c4cccnc43)CCCC2)cc(O)c1=O. The van der Waals surface area contributed by atoms with Crippen LogP contribution in [0.5, 0.6) is 11.5 Å². The molecule has 60 heavy (non-hydrogen) atoms. The Hall–Kier alpha value is -6.28. The second-order valence-electron chi connectivity index (χ2n) is 16.6. The topological polar surface area (TPSA) is 186 Å². The maximum atomic E-state index is 13.7. The van der Waals surface area contributed by atoms with Crippen molar-refractivity contribution in [2.75, 3.05) is 12.4 Å². The molecule has 6 aromatic rings. The van der Waals surface area contributed by atoms with Crippen LogP contribution < -0.4 is 21.5 Å². The van der Waals surface area contributed by atoms with Crippen LogP contribution in [-0.2, 0) is 24.0 Å². The smallest absolute Gasteiger partial charge is 0.280 e. The molecule has 2 unspecified atom stereocenters. The molecule has 14 nitrogen and oxygen atoms in total. The van der Waals surface area contributed by atoms with Crippen LogP contribution in [0.25, 0.3) is 11.0 Å². The Kier molecular flexibility index (Phi) is 10.1.